The maximum atomic E-state index is 13.7. The molecule has 158 valence electrons. The number of nitrogens with one attached hydrogen (secondary N) is 2. The van der Waals surface area contributed by atoms with Crippen molar-refractivity contribution in [1.82, 2.24) is 44.4 Å². The molecule has 0 aliphatic carbocycles. The van der Waals surface area contributed by atoms with E-state index in [1.54, 1.807) is 27.6 Å². The van der Waals surface area contributed by atoms with Gasteiger partial charge in [0.25, 0.3) is 5.56 Å². The van der Waals surface area contributed by atoms with Gasteiger partial charge in [0.1, 0.15) is 5.69 Å². The molecule has 0 amide bonds. The molecule has 0 aliphatic rings. The van der Waals surface area contributed by atoms with E-state index >= 15 is 0 Å². The van der Waals surface area contributed by atoms with E-state index in [-0.39, 0.29) is 11.5 Å². The Morgan fingerprint density at radius 2 is 1.84 bits per heavy atom. The zero-order chi connectivity index (χ0) is 21.9. The summed E-state index contributed by atoms with van der Waals surface area (Å²) in [7, 11) is 0. The van der Waals surface area contributed by atoms with E-state index in [1.165, 1.54) is 0 Å². The number of aromatic nitrogens is 9. The minimum absolute atomic E-state index is 0.148. The number of hydrogen-bond acceptors (Lipinski definition) is 6. The van der Waals surface area contributed by atoms with Gasteiger partial charge in [-0.25, -0.2) is 19.0 Å². The molecule has 0 aliphatic heterocycles. The Hall–Kier alpha value is -3.82. The lowest BCUT2D eigenvalue weighted by Gasteiger charge is -2.07. The highest BCUT2D eigenvalue weighted by molar-refractivity contribution is 5.82. The molecule has 0 saturated heterocycles. The van der Waals surface area contributed by atoms with Crippen molar-refractivity contribution in [2.45, 2.75) is 47.0 Å². The molecule has 5 aromatic heterocycles. The minimum atomic E-state index is -0.148. The van der Waals surface area contributed by atoms with E-state index < -0.39 is 0 Å². The van der Waals surface area contributed by atoms with Gasteiger partial charge in [-0.3, -0.25) is 20.0 Å². The molecule has 0 spiro atoms. The van der Waals surface area contributed by atoms with Gasteiger partial charge in [-0.2, -0.15) is 0 Å². The van der Waals surface area contributed by atoms with E-state index in [0.29, 0.717) is 40.4 Å². The van der Waals surface area contributed by atoms with Crippen LogP contribution in [0.1, 0.15) is 49.3 Å². The summed E-state index contributed by atoms with van der Waals surface area (Å²) in [6.45, 7) is 10.1. The predicted molar refractivity (Wildman–Crippen MR) is 116 cm³/mol. The van der Waals surface area contributed by atoms with Crippen molar-refractivity contribution in [2.24, 2.45) is 0 Å². The molecule has 31 heavy (non-hydrogen) atoms. The average molecular weight is 417 g/mol. The normalized spacial score (nSPS) is 11.9. The van der Waals surface area contributed by atoms with Crippen LogP contribution in [-0.2, 0) is 6.42 Å². The summed E-state index contributed by atoms with van der Waals surface area (Å²) < 4.78 is 3.28. The average Bonchev–Trinajstić information content (AvgIpc) is 3.41. The SMILES string of the molecule is CCc1nc2c(C)c(C(C)C)[nH]n2c(=O)c1-c1c(C)[nH]n2c(-c3cnccn3)nnc12. The highest BCUT2D eigenvalue weighted by atomic mass is 16.1. The third-order valence-electron chi connectivity index (χ3n) is 5.63. The van der Waals surface area contributed by atoms with Gasteiger partial charge in [-0.15, -0.1) is 10.2 Å². The molecule has 5 aromatic rings. The predicted octanol–water partition coefficient (Wildman–Crippen LogP) is 2.82. The van der Waals surface area contributed by atoms with Crippen LogP contribution in [-0.4, -0.2) is 44.4 Å². The largest absolute Gasteiger partial charge is 0.294 e. The van der Waals surface area contributed by atoms with E-state index in [1.807, 2.05) is 20.8 Å². The van der Waals surface area contributed by atoms with Crippen LogP contribution < -0.4 is 5.56 Å². The van der Waals surface area contributed by atoms with Crippen molar-refractivity contribution in [3.63, 3.8) is 0 Å². The zero-order valence-electron chi connectivity index (χ0n) is 18.1. The standard InChI is InChI=1S/C21H23N9O/c1-6-13-16(21(31)30-18(24-13)11(4)17(28-30)10(2)3)15-12(5)27-29-19(25-26-20(15)29)14-9-22-7-8-23-14/h7-10,27-28H,6H2,1-5H3. The number of aromatic amines is 2. The van der Waals surface area contributed by atoms with Crippen molar-refractivity contribution in [3.8, 4) is 22.6 Å². The van der Waals surface area contributed by atoms with Crippen LogP contribution in [0.25, 0.3) is 33.9 Å². The summed E-state index contributed by atoms with van der Waals surface area (Å²) in [4.78, 5) is 27.0. The van der Waals surface area contributed by atoms with Crippen LogP contribution in [0.4, 0.5) is 0 Å². The van der Waals surface area contributed by atoms with Gasteiger partial charge in [-0.1, -0.05) is 20.8 Å². The second kappa shape index (κ2) is 6.86. The minimum Gasteiger partial charge on any atom is -0.294 e. The number of H-pyrrole nitrogens is 2. The third-order valence-corrected chi connectivity index (χ3v) is 5.63. The van der Waals surface area contributed by atoms with Crippen LogP contribution in [0, 0.1) is 13.8 Å². The van der Waals surface area contributed by atoms with Crippen molar-refractivity contribution in [1.29, 1.82) is 0 Å². The number of fused-ring (bicyclic) bond motifs is 2. The van der Waals surface area contributed by atoms with E-state index in [2.05, 4.69) is 44.2 Å². The molecule has 0 fully saturated rings. The van der Waals surface area contributed by atoms with E-state index in [0.717, 1.165) is 22.6 Å². The Bertz CT molecular complexity index is 1480. The maximum Gasteiger partial charge on any atom is 0.281 e. The van der Waals surface area contributed by atoms with Gasteiger partial charge in [0.15, 0.2) is 11.3 Å². The lowest BCUT2D eigenvalue weighted by Crippen LogP contribution is -2.20. The van der Waals surface area contributed by atoms with Gasteiger partial charge in [0.2, 0.25) is 5.82 Å². The zero-order valence-corrected chi connectivity index (χ0v) is 18.1. The number of rotatable bonds is 4. The molecule has 0 bridgehead atoms. The van der Waals surface area contributed by atoms with Crippen LogP contribution in [0.3, 0.4) is 0 Å². The van der Waals surface area contributed by atoms with E-state index in [4.69, 9.17) is 4.98 Å². The first-order chi connectivity index (χ1) is 14.9. The molecule has 0 saturated carbocycles. The van der Waals surface area contributed by atoms with Crippen LogP contribution in [0.15, 0.2) is 23.4 Å². The van der Waals surface area contributed by atoms with Crippen LogP contribution >= 0.6 is 0 Å². The van der Waals surface area contributed by atoms with Crippen molar-refractivity contribution in [2.75, 3.05) is 0 Å². The lowest BCUT2D eigenvalue weighted by atomic mass is 10.0. The second-order valence-electron chi connectivity index (χ2n) is 7.94. The molecule has 0 atom stereocenters. The molecule has 0 aromatic carbocycles. The van der Waals surface area contributed by atoms with Gasteiger partial charge in [-0.05, 0) is 26.2 Å². The summed E-state index contributed by atoms with van der Waals surface area (Å²) in [6, 6.07) is 0. The summed E-state index contributed by atoms with van der Waals surface area (Å²) in [6.07, 6.45) is 5.45. The Morgan fingerprint density at radius 1 is 1.03 bits per heavy atom. The highest BCUT2D eigenvalue weighted by Crippen LogP contribution is 2.30. The molecular formula is C21H23N9O. The fourth-order valence-corrected chi connectivity index (χ4v) is 4.14. The highest BCUT2D eigenvalue weighted by Gasteiger charge is 2.25. The smallest absolute Gasteiger partial charge is 0.281 e. The van der Waals surface area contributed by atoms with E-state index in [9.17, 15) is 4.79 Å². The summed E-state index contributed by atoms with van der Waals surface area (Å²) in [5, 5.41) is 15.2. The quantitative estimate of drug-likeness (QED) is 0.464. The van der Waals surface area contributed by atoms with Gasteiger partial charge in [0, 0.05) is 29.3 Å². The van der Waals surface area contributed by atoms with Gasteiger partial charge >= 0.3 is 0 Å². The molecule has 10 nitrogen and oxygen atoms in total. The molecule has 5 heterocycles. The summed E-state index contributed by atoms with van der Waals surface area (Å²) in [5.74, 6) is 0.781. The molecule has 10 heteroatoms. The summed E-state index contributed by atoms with van der Waals surface area (Å²) >= 11 is 0. The number of aryl methyl sites for hydroxylation is 3. The van der Waals surface area contributed by atoms with Crippen LogP contribution in [0.5, 0.6) is 0 Å². The number of hydrogen-bond donors (Lipinski definition) is 2. The second-order valence-corrected chi connectivity index (χ2v) is 7.94. The first-order valence-electron chi connectivity index (χ1n) is 10.3. The molecule has 0 radical (unpaired) electrons. The Morgan fingerprint density at radius 3 is 2.52 bits per heavy atom. The molecule has 0 unspecified atom stereocenters. The number of nitrogens with zero attached hydrogens (tertiary/aromatic N) is 7. The molecule has 2 N–H and O–H groups in total. The van der Waals surface area contributed by atoms with Crippen molar-refractivity contribution in [3.05, 3.63) is 51.6 Å². The Kier molecular flexibility index (Phi) is 4.24. The monoisotopic (exact) mass is 417 g/mol. The Balaban J connectivity index is 1.82. The fraction of sp³-hybridized carbons (Fsp3) is 0.333. The van der Waals surface area contributed by atoms with Gasteiger partial charge < -0.3 is 0 Å². The van der Waals surface area contributed by atoms with Crippen LogP contribution in [0.2, 0.25) is 0 Å². The maximum absolute atomic E-state index is 13.7. The summed E-state index contributed by atoms with van der Waals surface area (Å²) in [5.41, 5.74) is 6.43. The Labute approximate surface area is 177 Å². The van der Waals surface area contributed by atoms with Gasteiger partial charge in [0.05, 0.1) is 23.0 Å². The first kappa shape index (κ1) is 19.2. The molecular weight excluding hydrogens is 394 g/mol. The van der Waals surface area contributed by atoms with Crippen molar-refractivity contribution >= 4 is 11.3 Å². The topological polar surface area (TPSA) is 122 Å². The first-order valence-corrected chi connectivity index (χ1v) is 10.3. The third kappa shape index (κ3) is 2.71. The lowest BCUT2D eigenvalue weighted by molar-refractivity contribution is 0.771. The fourth-order valence-electron chi connectivity index (χ4n) is 4.14. The van der Waals surface area contributed by atoms with Crippen molar-refractivity contribution < 1.29 is 0 Å². The molecule has 5 rings (SSSR count).